The maximum absolute atomic E-state index is 6.08. The van der Waals surface area contributed by atoms with E-state index in [9.17, 15) is 0 Å². The topological polar surface area (TPSA) is 21.3 Å². The van der Waals surface area contributed by atoms with Gasteiger partial charge in [0.15, 0.2) is 0 Å². The van der Waals surface area contributed by atoms with Crippen LogP contribution < -0.4 is 4.90 Å². The molecule has 3 heterocycles. The maximum Gasteiger partial charge on any atom is 0.135 e. The molecule has 1 unspecified atom stereocenters. The first-order valence-corrected chi connectivity index (χ1v) is 15.6. The quantitative estimate of drug-likeness (QED) is 0.209. The number of fused-ring (bicyclic) bond motifs is 9. The van der Waals surface area contributed by atoms with E-state index >= 15 is 0 Å². The summed E-state index contributed by atoms with van der Waals surface area (Å²) < 4.78 is 8.49. The fraction of sp³-hybridized carbons (Fsp3) is 0.0476. The van der Waals surface area contributed by atoms with Crippen LogP contribution >= 0.6 is 0 Å². The summed E-state index contributed by atoms with van der Waals surface area (Å²) in [7, 11) is 0. The third-order valence-electron chi connectivity index (χ3n) is 9.67. The van der Waals surface area contributed by atoms with Gasteiger partial charge in [-0.2, -0.15) is 0 Å². The van der Waals surface area contributed by atoms with Crippen LogP contribution in [0, 0.1) is 0 Å². The molecule has 0 bridgehead atoms. The molecule has 2 aliphatic rings. The highest BCUT2D eigenvalue weighted by Gasteiger charge is 2.36. The molecule has 0 saturated heterocycles. The molecular formula is C42H28N2O. The number of nitrogens with zero attached hydrogens (tertiary/aromatic N) is 2. The largest absolute Gasteiger partial charge is 0.456 e. The van der Waals surface area contributed by atoms with E-state index in [4.69, 9.17) is 4.42 Å². The predicted octanol–water partition coefficient (Wildman–Crippen LogP) is 11.2. The summed E-state index contributed by atoms with van der Waals surface area (Å²) in [6.45, 7) is 0. The second kappa shape index (κ2) is 9.35. The SMILES string of the molecule is C1=CCC2C(=C1)c1cc3c4ccccc4n(-c4ccccc4)c3cc1N2c1ccc(-c2ccc3oc4ccccc4c3c2)cc1. The lowest BCUT2D eigenvalue weighted by Crippen LogP contribution is -2.27. The monoisotopic (exact) mass is 576 g/mol. The molecule has 1 aliphatic carbocycles. The molecule has 0 spiro atoms. The van der Waals surface area contributed by atoms with Gasteiger partial charge in [-0.15, -0.1) is 0 Å². The maximum atomic E-state index is 6.08. The van der Waals surface area contributed by atoms with Gasteiger partial charge in [0.05, 0.1) is 22.8 Å². The molecule has 0 saturated carbocycles. The zero-order valence-electron chi connectivity index (χ0n) is 24.5. The van der Waals surface area contributed by atoms with Gasteiger partial charge in [0.2, 0.25) is 0 Å². The van der Waals surface area contributed by atoms with Gasteiger partial charge in [-0.3, -0.25) is 0 Å². The van der Waals surface area contributed by atoms with Crippen LogP contribution in [-0.4, -0.2) is 10.6 Å². The lowest BCUT2D eigenvalue weighted by Gasteiger charge is -2.28. The van der Waals surface area contributed by atoms with Gasteiger partial charge in [0.1, 0.15) is 11.2 Å². The zero-order chi connectivity index (χ0) is 29.5. The van der Waals surface area contributed by atoms with Gasteiger partial charge < -0.3 is 13.9 Å². The first-order valence-electron chi connectivity index (χ1n) is 15.6. The molecule has 0 N–H and O–H groups in total. The Hall–Kier alpha value is -5.80. The van der Waals surface area contributed by atoms with Crippen molar-refractivity contribution < 1.29 is 4.42 Å². The molecule has 3 heteroatoms. The van der Waals surface area contributed by atoms with Crippen LogP contribution in [0.25, 0.3) is 66.1 Å². The van der Waals surface area contributed by atoms with Gasteiger partial charge in [-0.05, 0) is 83.8 Å². The Bertz CT molecular complexity index is 2510. The Balaban J connectivity index is 1.13. The Morgan fingerprint density at radius 2 is 1.31 bits per heavy atom. The molecule has 1 atom stereocenters. The molecule has 1 aliphatic heterocycles. The van der Waals surface area contributed by atoms with E-state index in [1.165, 1.54) is 61.1 Å². The zero-order valence-corrected chi connectivity index (χ0v) is 24.5. The molecule has 3 nitrogen and oxygen atoms in total. The van der Waals surface area contributed by atoms with E-state index in [1.807, 2.05) is 12.1 Å². The molecule has 6 aromatic carbocycles. The third kappa shape index (κ3) is 3.58. The lowest BCUT2D eigenvalue weighted by atomic mass is 9.95. The summed E-state index contributed by atoms with van der Waals surface area (Å²) in [5.41, 5.74) is 13.1. The number of benzene rings is 6. The second-order valence-electron chi connectivity index (χ2n) is 12.1. The first-order chi connectivity index (χ1) is 22.3. The highest BCUT2D eigenvalue weighted by Crippen LogP contribution is 2.50. The van der Waals surface area contributed by atoms with Crippen LogP contribution in [0.2, 0.25) is 0 Å². The van der Waals surface area contributed by atoms with E-state index in [0.29, 0.717) is 0 Å². The van der Waals surface area contributed by atoms with E-state index < -0.39 is 0 Å². The van der Waals surface area contributed by atoms with Crippen molar-refractivity contribution in [3.8, 4) is 16.8 Å². The Kier molecular flexibility index (Phi) is 5.11. The van der Waals surface area contributed by atoms with Crippen molar-refractivity contribution in [1.82, 2.24) is 4.57 Å². The first kappa shape index (κ1) is 24.6. The van der Waals surface area contributed by atoms with Crippen LogP contribution in [0.3, 0.4) is 0 Å². The fourth-order valence-electron chi connectivity index (χ4n) is 7.63. The van der Waals surface area contributed by atoms with Crippen molar-refractivity contribution in [3.63, 3.8) is 0 Å². The third-order valence-corrected chi connectivity index (χ3v) is 9.67. The smallest absolute Gasteiger partial charge is 0.135 e. The van der Waals surface area contributed by atoms with Crippen molar-refractivity contribution in [3.05, 3.63) is 157 Å². The van der Waals surface area contributed by atoms with E-state index in [-0.39, 0.29) is 6.04 Å². The number of rotatable bonds is 3. The lowest BCUT2D eigenvalue weighted by molar-refractivity contribution is 0.669. The second-order valence-corrected chi connectivity index (χ2v) is 12.1. The van der Waals surface area contributed by atoms with Gasteiger partial charge in [0.25, 0.3) is 0 Å². The number of hydrogen-bond donors (Lipinski definition) is 0. The molecule has 0 amide bonds. The van der Waals surface area contributed by atoms with Crippen molar-refractivity contribution in [2.75, 3.05) is 4.90 Å². The summed E-state index contributed by atoms with van der Waals surface area (Å²) in [6, 6.07) is 48.5. The van der Waals surface area contributed by atoms with Crippen molar-refractivity contribution in [2.24, 2.45) is 0 Å². The average Bonchev–Trinajstić information content (AvgIpc) is 3.75. The van der Waals surface area contributed by atoms with Crippen molar-refractivity contribution in [1.29, 1.82) is 0 Å². The van der Waals surface area contributed by atoms with Crippen LogP contribution in [0.4, 0.5) is 11.4 Å². The number of para-hydroxylation sites is 3. The molecular weight excluding hydrogens is 548 g/mol. The highest BCUT2D eigenvalue weighted by molar-refractivity contribution is 6.13. The van der Waals surface area contributed by atoms with Crippen LogP contribution in [0.1, 0.15) is 12.0 Å². The minimum absolute atomic E-state index is 0.271. The van der Waals surface area contributed by atoms with Gasteiger partial charge in [-0.1, -0.05) is 91.0 Å². The Labute approximate surface area is 260 Å². The molecule has 0 fully saturated rings. The van der Waals surface area contributed by atoms with Crippen LogP contribution in [-0.2, 0) is 0 Å². The van der Waals surface area contributed by atoms with Crippen molar-refractivity contribution >= 4 is 60.7 Å². The molecule has 212 valence electrons. The summed E-state index contributed by atoms with van der Waals surface area (Å²) in [5, 5.41) is 4.89. The summed E-state index contributed by atoms with van der Waals surface area (Å²) in [5.74, 6) is 0. The minimum Gasteiger partial charge on any atom is -0.456 e. The Morgan fingerprint density at radius 3 is 2.20 bits per heavy atom. The predicted molar refractivity (Wildman–Crippen MR) is 188 cm³/mol. The number of hydrogen-bond acceptors (Lipinski definition) is 2. The molecule has 45 heavy (non-hydrogen) atoms. The molecule has 2 aromatic heterocycles. The summed E-state index contributed by atoms with van der Waals surface area (Å²) >= 11 is 0. The minimum atomic E-state index is 0.271. The number of allylic oxidation sites excluding steroid dienone is 2. The molecule has 8 aromatic rings. The number of furan rings is 1. The van der Waals surface area contributed by atoms with Crippen LogP contribution in [0.15, 0.2) is 156 Å². The van der Waals surface area contributed by atoms with Crippen LogP contribution in [0.5, 0.6) is 0 Å². The van der Waals surface area contributed by atoms with E-state index in [1.54, 1.807) is 0 Å². The summed E-state index contributed by atoms with van der Waals surface area (Å²) in [4.78, 5) is 2.55. The standard InChI is InChI=1S/C42H28N2O/c1-2-10-29(11-3-1)43-37-15-7-4-12-31(37)34-25-35-32-13-5-8-16-38(32)44(40(35)26-39(34)43)30-21-18-27(19-22-30)28-20-23-42-36(24-28)33-14-6-9-17-41(33)45-42/h1-15,17-26,38H,16H2. The number of anilines is 2. The average molecular weight is 577 g/mol. The van der Waals surface area contributed by atoms with E-state index in [2.05, 4.69) is 149 Å². The normalized spacial score (nSPS) is 15.7. The molecule has 10 rings (SSSR count). The van der Waals surface area contributed by atoms with E-state index in [0.717, 1.165) is 28.4 Å². The van der Waals surface area contributed by atoms with Crippen molar-refractivity contribution in [2.45, 2.75) is 12.5 Å². The van der Waals surface area contributed by atoms with Gasteiger partial charge >= 0.3 is 0 Å². The van der Waals surface area contributed by atoms with Gasteiger partial charge in [-0.25, -0.2) is 0 Å². The van der Waals surface area contributed by atoms with Gasteiger partial charge in [0, 0.05) is 38.5 Å². The fourth-order valence-corrected chi connectivity index (χ4v) is 7.63. The summed E-state index contributed by atoms with van der Waals surface area (Å²) in [6.07, 6.45) is 7.81. The Morgan fingerprint density at radius 1 is 0.556 bits per heavy atom. The number of aromatic nitrogens is 1. The highest BCUT2D eigenvalue weighted by atomic mass is 16.3. The molecule has 0 radical (unpaired) electrons.